The first-order valence-corrected chi connectivity index (χ1v) is 9.11. The number of nitro benzene ring substituents is 1. The van der Waals surface area contributed by atoms with Gasteiger partial charge in [0.05, 0.1) is 18.1 Å². The Labute approximate surface area is 177 Å². The maximum absolute atomic E-state index is 12.9. The number of esters is 1. The van der Waals surface area contributed by atoms with Gasteiger partial charge in [-0.05, 0) is 17.7 Å². The van der Waals surface area contributed by atoms with Crippen LogP contribution in [0.2, 0.25) is 0 Å². The number of hydrogen-bond acceptors (Lipinski definition) is 8. The number of halogens is 3. The van der Waals surface area contributed by atoms with Crippen LogP contribution >= 0.6 is 0 Å². The van der Waals surface area contributed by atoms with Gasteiger partial charge in [-0.1, -0.05) is 0 Å². The van der Waals surface area contributed by atoms with Gasteiger partial charge in [0.1, 0.15) is 19.2 Å². The lowest BCUT2D eigenvalue weighted by molar-refractivity contribution is -0.384. The molecule has 2 aliphatic heterocycles. The molecule has 3 unspecified atom stereocenters. The number of ether oxygens (including phenoxy) is 2. The third-order valence-corrected chi connectivity index (χ3v) is 5.07. The zero-order valence-electron chi connectivity index (χ0n) is 16.4. The second kappa shape index (κ2) is 8.43. The van der Waals surface area contributed by atoms with E-state index in [0.29, 0.717) is 5.56 Å². The van der Waals surface area contributed by atoms with Crippen molar-refractivity contribution in [2.75, 3.05) is 13.7 Å². The van der Waals surface area contributed by atoms with Crippen molar-refractivity contribution < 1.29 is 46.7 Å². The summed E-state index contributed by atoms with van der Waals surface area (Å²) in [6, 6.07) is 0.680. The molecule has 0 N–H and O–H groups in total. The van der Waals surface area contributed by atoms with Gasteiger partial charge in [0, 0.05) is 18.6 Å². The first-order valence-electron chi connectivity index (χ1n) is 9.11. The number of Topliss-reactive ketones (excluding diaryl/α,β-unsaturated/α-hetero) is 1. The number of carbonyl (C=O) groups excluding carboxylic acids is 4. The monoisotopic (exact) mass is 459 g/mol. The smallest absolute Gasteiger partial charge is 0.410 e. The van der Waals surface area contributed by atoms with Crippen LogP contribution in [0, 0.1) is 10.1 Å². The van der Waals surface area contributed by atoms with E-state index < -0.39 is 65.9 Å². The van der Waals surface area contributed by atoms with Crippen molar-refractivity contribution in [3.63, 3.8) is 0 Å². The van der Waals surface area contributed by atoms with Crippen molar-refractivity contribution in [2.24, 2.45) is 0 Å². The molecule has 0 spiro atoms. The number of fused-ring (bicyclic) bond motifs is 1. The number of non-ortho nitro benzene ring substituents is 1. The molecular weight excluding hydrogens is 443 g/mol. The normalized spacial score (nSPS) is 22.1. The molecule has 0 saturated carbocycles. The van der Waals surface area contributed by atoms with Crippen LogP contribution in [0.5, 0.6) is 0 Å². The van der Waals surface area contributed by atoms with Crippen LogP contribution in [0.15, 0.2) is 24.3 Å². The highest BCUT2D eigenvalue weighted by atomic mass is 19.4. The highest BCUT2D eigenvalue weighted by Crippen LogP contribution is 2.38. The fraction of sp³-hybridized carbons (Fsp3) is 0.444. The van der Waals surface area contributed by atoms with Gasteiger partial charge in [0.15, 0.2) is 11.8 Å². The molecule has 14 heteroatoms. The van der Waals surface area contributed by atoms with Gasteiger partial charge in [-0.3, -0.25) is 24.6 Å². The van der Waals surface area contributed by atoms with Crippen LogP contribution in [0.4, 0.5) is 23.7 Å². The number of hydrogen-bond donors (Lipinski definition) is 0. The molecule has 0 bridgehead atoms. The molecule has 3 atom stereocenters. The van der Waals surface area contributed by atoms with Crippen LogP contribution in [0.3, 0.4) is 0 Å². The summed E-state index contributed by atoms with van der Waals surface area (Å²) in [6.45, 7) is -2.11. The molecule has 2 saturated heterocycles. The van der Waals surface area contributed by atoms with E-state index in [1.807, 2.05) is 0 Å². The number of β-lactam (4-membered cyclic amide) rings is 1. The Morgan fingerprint density at radius 3 is 2.41 bits per heavy atom. The van der Waals surface area contributed by atoms with Gasteiger partial charge in [-0.25, -0.2) is 9.59 Å². The molecule has 32 heavy (non-hydrogen) atoms. The first-order chi connectivity index (χ1) is 14.9. The molecule has 0 aliphatic carbocycles. The zero-order chi connectivity index (χ0) is 23.8. The summed E-state index contributed by atoms with van der Waals surface area (Å²) in [5, 5.41) is 10.7. The van der Waals surface area contributed by atoms with E-state index in [4.69, 9.17) is 4.74 Å². The molecule has 1 aromatic rings. The predicted octanol–water partition coefficient (Wildman–Crippen LogP) is 1.19. The number of rotatable bonds is 6. The van der Waals surface area contributed by atoms with Gasteiger partial charge in [-0.2, -0.15) is 13.2 Å². The van der Waals surface area contributed by atoms with Crippen LogP contribution in [0.25, 0.3) is 0 Å². The van der Waals surface area contributed by atoms with Gasteiger partial charge < -0.3 is 14.4 Å². The van der Waals surface area contributed by atoms with E-state index in [1.54, 1.807) is 0 Å². The van der Waals surface area contributed by atoms with E-state index in [9.17, 15) is 42.5 Å². The van der Waals surface area contributed by atoms with Gasteiger partial charge in [0.2, 0.25) is 5.91 Å². The van der Waals surface area contributed by atoms with Crippen LogP contribution in [-0.2, 0) is 30.5 Å². The summed E-state index contributed by atoms with van der Waals surface area (Å²) in [5.41, 5.74) is 0.195. The molecular formula is C18H16F3N3O8. The van der Waals surface area contributed by atoms with E-state index in [-0.39, 0.29) is 17.2 Å². The maximum Gasteiger partial charge on any atom is 0.410 e. The highest BCUT2D eigenvalue weighted by molar-refractivity contribution is 6.12. The Kier molecular flexibility index (Phi) is 6.05. The molecule has 0 radical (unpaired) electrons. The SMILES string of the molecule is COC(=O)N(CC(F)(F)F)C1C(=O)N2C(C(=O)OCc3ccc([N+](=O)[O-])cc3)C(=O)CC12. The Morgan fingerprint density at radius 2 is 1.88 bits per heavy atom. The van der Waals surface area contributed by atoms with E-state index in [2.05, 4.69) is 4.74 Å². The minimum absolute atomic E-state index is 0.180. The minimum Gasteiger partial charge on any atom is -0.459 e. The maximum atomic E-state index is 12.9. The molecule has 3 rings (SSSR count). The van der Waals surface area contributed by atoms with E-state index in [0.717, 1.165) is 12.0 Å². The molecule has 1 aromatic carbocycles. The molecule has 2 fully saturated rings. The van der Waals surface area contributed by atoms with Crippen molar-refractivity contribution >= 4 is 29.4 Å². The first kappa shape index (κ1) is 23.0. The van der Waals surface area contributed by atoms with Crippen molar-refractivity contribution in [1.82, 2.24) is 9.80 Å². The average Bonchev–Trinajstić information content (AvgIpc) is 3.02. The number of nitro groups is 1. The summed E-state index contributed by atoms with van der Waals surface area (Å²) in [7, 11) is 0.852. The third-order valence-electron chi connectivity index (χ3n) is 5.07. The van der Waals surface area contributed by atoms with Crippen molar-refractivity contribution in [3.05, 3.63) is 39.9 Å². The Morgan fingerprint density at radius 1 is 1.25 bits per heavy atom. The van der Waals surface area contributed by atoms with Gasteiger partial charge in [0.25, 0.3) is 5.69 Å². The van der Waals surface area contributed by atoms with Crippen LogP contribution in [0.1, 0.15) is 12.0 Å². The Balaban J connectivity index is 1.68. The number of carbonyl (C=O) groups is 4. The molecule has 2 aliphatic rings. The third kappa shape index (κ3) is 4.33. The lowest BCUT2D eigenvalue weighted by Gasteiger charge is -2.48. The molecule has 11 nitrogen and oxygen atoms in total. The fourth-order valence-corrected chi connectivity index (χ4v) is 3.67. The zero-order valence-corrected chi connectivity index (χ0v) is 16.4. The van der Waals surface area contributed by atoms with Crippen LogP contribution in [-0.4, -0.2) is 76.4 Å². The van der Waals surface area contributed by atoms with Crippen molar-refractivity contribution in [3.8, 4) is 0 Å². The number of ketones is 1. The molecule has 172 valence electrons. The lowest BCUT2D eigenvalue weighted by Crippen LogP contribution is -2.72. The Hall–Kier alpha value is -3.71. The summed E-state index contributed by atoms with van der Waals surface area (Å²) in [4.78, 5) is 60.1. The minimum atomic E-state index is -4.82. The molecule has 2 amide bonds. The standard InChI is InChI=1S/C18H16F3N3O8/c1-31-17(28)22(8-18(19,20)21)13-11-6-12(25)14(23(11)15(13)26)16(27)32-7-9-2-4-10(5-3-9)24(29)30/h2-5,11,13-14H,6-8H2,1H3. The van der Waals surface area contributed by atoms with Crippen LogP contribution < -0.4 is 0 Å². The lowest BCUT2D eigenvalue weighted by atomic mass is 9.94. The van der Waals surface area contributed by atoms with Crippen molar-refractivity contribution in [2.45, 2.75) is 37.3 Å². The summed E-state index contributed by atoms with van der Waals surface area (Å²) in [6.07, 6.45) is -6.64. The summed E-state index contributed by atoms with van der Waals surface area (Å²) >= 11 is 0. The quantitative estimate of drug-likeness (QED) is 0.203. The molecule has 2 heterocycles. The topological polar surface area (TPSA) is 136 Å². The predicted molar refractivity (Wildman–Crippen MR) is 95.9 cm³/mol. The number of alkyl halides is 3. The Bertz CT molecular complexity index is 965. The van der Waals surface area contributed by atoms with E-state index in [1.165, 1.54) is 24.3 Å². The van der Waals surface area contributed by atoms with Gasteiger partial charge >= 0.3 is 18.2 Å². The fourth-order valence-electron chi connectivity index (χ4n) is 3.67. The summed E-state index contributed by atoms with van der Waals surface area (Å²) in [5.74, 6) is -2.84. The second-order valence-electron chi connectivity index (χ2n) is 7.08. The molecule has 0 aromatic heterocycles. The summed E-state index contributed by atoms with van der Waals surface area (Å²) < 4.78 is 47.9. The number of amides is 2. The number of methoxy groups -OCH3 is 1. The average molecular weight is 459 g/mol. The second-order valence-corrected chi connectivity index (χ2v) is 7.08. The van der Waals surface area contributed by atoms with Crippen molar-refractivity contribution in [1.29, 1.82) is 0 Å². The van der Waals surface area contributed by atoms with Gasteiger partial charge in [-0.15, -0.1) is 0 Å². The van der Waals surface area contributed by atoms with E-state index >= 15 is 0 Å². The number of nitrogens with zero attached hydrogens (tertiary/aromatic N) is 3. The number of benzene rings is 1. The highest BCUT2D eigenvalue weighted by Gasteiger charge is 2.63. The largest absolute Gasteiger partial charge is 0.459 e.